The van der Waals surface area contributed by atoms with Gasteiger partial charge >= 0.3 is 11.9 Å². The summed E-state index contributed by atoms with van der Waals surface area (Å²) in [7, 11) is 0. The predicted molar refractivity (Wildman–Crippen MR) is 103 cm³/mol. The minimum Gasteiger partial charge on any atom is -0.466 e. The molecule has 0 saturated heterocycles. The standard InChI is InChI=1S/C21H25NO5/c1-4-26-19(24)12-16(23)13-21(2,3)27-20(25)14-22-18-11-7-9-15-8-5-6-10-17(15)18/h5-11,22H,4,12-14H2,1-3H3. The average molecular weight is 371 g/mol. The SMILES string of the molecule is CCOC(=O)CC(=O)CC(C)(C)OC(=O)CNc1cccc2ccccc12. The number of anilines is 1. The highest BCUT2D eigenvalue weighted by Gasteiger charge is 2.27. The Labute approximate surface area is 158 Å². The first-order valence-electron chi connectivity index (χ1n) is 8.91. The lowest BCUT2D eigenvalue weighted by molar-refractivity contribution is -0.156. The van der Waals surface area contributed by atoms with Gasteiger partial charge in [-0.2, -0.15) is 0 Å². The Bertz CT molecular complexity index is 823. The molecule has 0 radical (unpaired) electrons. The van der Waals surface area contributed by atoms with Gasteiger partial charge in [0, 0.05) is 17.5 Å². The van der Waals surface area contributed by atoms with Crippen molar-refractivity contribution in [1.82, 2.24) is 0 Å². The number of carbonyl (C=O) groups excluding carboxylic acids is 3. The summed E-state index contributed by atoms with van der Waals surface area (Å²) in [4.78, 5) is 35.5. The zero-order chi connectivity index (χ0) is 19.9. The molecule has 0 atom stereocenters. The highest BCUT2D eigenvalue weighted by molar-refractivity contribution is 5.96. The van der Waals surface area contributed by atoms with E-state index in [1.54, 1.807) is 20.8 Å². The highest BCUT2D eigenvalue weighted by atomic mass is 16.6. The fourth-order valence-corrected chi connectivity index (χ4v) is 2.84. The molecule has 0 saturated carbocycles. The van der Waals surface area contributed by atoms with E-state index in [1.807, 2.05) is 42.5 Å². The second-order valence-corrected chi connectivity index (χ2v) is 6.81. The van der Waals surface area contributed by atoms with Crippen LogP contribution in [-0.2, 0) is 23.9 Å². The molecule has 2 rings (SSSR count). The number of Topliss-reactive ketones (excluding diaryl/α,β-unsaturated/α-hetero) is 1. The van der Waals surface area contributed by atoms with E-state index in [2.05, 4.69) is 5.32 Å². The van der Waals surface area contributed by atoms with Gasteiger partial charge in [0.15, 0.2) is 0 Å². The quantitative estimate of drug-likeness (QED) is 0.537. The van der Waals surface area contributed by atoms with Crippen molar-refractivity contribution in [3.8, 4) is 0 Å². The van der Waals surface area contributed by atoms with Crippen LogP contribution >= 0.6 is 0 Å². The van der Waals surface area contributed by atoms with E-state index < -0.39 is 17.5 Å². The molecule has 0 aliphatic heterocycles. The van der Waals surface area contributed by atoms with Crippen LogP contribution in [0.25, 0.3) is 10.8 Å². The lowest BCUT2D eigenvalue weighted by Gasteiger charge is -2.24. The third-order valence-corrected chi connectivity index (χ3v) is 3.87. The fraction of sp³-hybridized carbons (Fsp3) is 0.381. The van der Waals surface area contributed by atoms with Crippen molar-refractivity contribution in [3.05, 3.63) is 42.5 Å². The minimum atomic E-state index is -0.999. The van der Waals surface area contributed by atoms with Gasteiger partial charge in [-0.15, -0.1) is 0 Å². The smallest absolute Gasteiger partial charge is 0.325 e. The lowest BCUT2D eigenvalue weighted by atomic mass is 10.00. The Kier molecular flexibility index (Phi) is 6.93. The monoisotopic (exact) mass is 371 g/mol. The van der Waals surface area contributed by atoms with Crippen LogP contribution in [0.15, 0.2) is 42.5 Å². The molecule has 6 nitrogen and oxygen atoms in total. The van der Waals surface area contributed by atoms with E-state index in [4.69, 9.17) is 9.47 Å². The maximum atomic E-state index is 12.2. The van der Waals surface area contributed by atoms with Gasteiger partial charge in [0.05, 0.1) is 6.61 Å². The maximum Gasteiger partial charge on any atom is 0.325 e. The van der Waals surface area contributed by atoms with Gasteiger partial charge in [-0.25, -0.2) is 0 Å². The Morgan fingerprint density at radius 2 is 1.70 bits per heavy atom. The van der Waals surface area contributed by atoms with E-state index in [9.17, 15) is 14.4 Å². The van der Waals surface area contributed by atoms with Crippen LogP contribution in [0.4, 0.5) is 5.69 Å². The summed E-state index contributed by atoms with van der Waals surface area (Å²) in [5.41, 5.74) is -0.164. The lowest BCUT2D eigenvalue weighted by Crippen LogP contribution is -2.34. The van der Waals surface area contributed by atoms with Crippen molar-refractivity contribution >= 4 is 34.2 Å². The number of fused-ring (bicyclic) bond motifs is 1. The molecule has 0 aliphatic rings. The second kappa shape index (κ2) is 9.16. The summed E-state index contributed by atoms with van der Waals surface area (Å²) in [6.45, 7) is 5.17. The first kappa shape index (κ1) is 20.4. The molecule has 6 heteroatoms. The van der Waals surface area contributed by atoms with Crippen LogP contribution in [-0.4, -0.2) is 36.5 Å². The number of rotatable bonds is 9. The van der Waals surface area contributed by atoms with Gasteiger partial charge in [-0.1, -0.05) is 36.4 Å². The zero-order valence-corrected chi connectivity index (χ0v) is 15.9. The number of nitrogens with one attached hydrogen (secondary N) is 1. The number of benzene rings is 2. The number of hydrogen-bond donors (Lipinski definition) is 1. The summed E-state index contributed by atoms with van der Waals surface area (Å²) >= 11 is 0. The molecule has 0 aliphatic carbocycles. The predicted octanol–water partition coefficient (Wildman–Crippen LogP) is 3.49. The number of ether oxygens (including phenoxy) is 2. The molecule has 0 bridgehead atoms. The normalized spacial score (nSPS) is 11.1. The maximum absolute atomic E-state index is 12.2. The van der Waals surface area contributed by atoms with E-state index in [-0.39, 0.29) is 31.8 Å². The number of ketones is 1. The molecule has 0 unspecified atom stereocenters. The van der Waals surface area contributed by atoms with Gasteiger partial charge in [0.2, 0.25) is 0 Å². The summed E-state index contributed by atoms with van der Waals surface area (Å²) < 4.78 is 10.2. The molecular weight excluding hydrogens is 346 g/mol. The number of esters is 2. The summed E-state index contributed by atoms with van der Waals surface area (Å²) in [6.07, 6.45) is -0.366. The van der Waals surface area contributed by atoms with Crippen molar-refractivity contribution < 1.29 is 23.9 Å². The summed E-state index contributed by atoms with van der Waals surface area (Å²) in [5.74, 6) is -1.37. The average Bonchev–Trinajstić information content (AvgIpc) is 2.58. The van der Waals surface area contributed by atoms with Crippen LogP contribution in [0.3, 0.4) is 0 Å². The summed E-state index contributed by atoms with van der Waals surface area (Å²) in [6, 6.07) is 13.7. The molecule has 144 valence electrons. The molecule has 0 spiro atoms. The Morgan fingerprint density at radius 3 is 2.44 bits per heavy atom. The number of hydrogen-bond acceptors (Lipinski definition) is 6. The third-order valence-electron chi connectivity index (χ3n) is 3.87. The molecule has 0 aromatic heterocycles. The van der Waals surface area contributed by atoms with Crippen molar-refractivity contribution in [1.29, 1.82) is 0 Å². The Morgan fingerprint density at radius 1 is 1.00 bits per heavy atom. The van der Waals surface area contributed by atoms with E-state index >= 15 is 0 Å². The van der Waals surface area contributed by atoms with Crippen molar-refractivity contribution in [3.63, 3.8) is 0 Å². The highest BCUT2D eigenvalue weighted by Crippen LogP contribution is 2.23. The van der Waals surface area contributed by atoms with Gasteiger partial charge in [0.25, 0.3) is 0 Å². The molecule has 0 heterocycles. The van der Waals surface area contributed by atoms with Crippen LogP contribution in [0.2, 0.25) is 0 Å². The van der Waals surface area contributed by atoms with Gasteiger partial charge < -0.3 is 14.8 Å². The van der Waals surface area contributed by atoms with Crippen molar-refractivity contribution in [2.75, 3.05) is 18.5 Å². The second-order valence-electron chi connectivity index (χ2n) is 6.81. The van der Waals surface area contributed by atoms with Gasteiger partial charge in [-0.05, 0) is 32.2 Å². The molecule has 0 fully saturated rings. The van der Waals surface area contributed by atoms with Gasteiger partial charge in [-0.3, -0.25) is 14.4 Å². The van der Waals surface area contributed by atoms with Gasteiger partial charge in [0.1, 0.15) is 24.3 Å². The van der Waals surface area contributed by atoms with Crippen LogP contribution < -0.4 is 5.32 Å². The first-order valence-corrected chi connectivity index (χ1v) is 8.91. The van der Waals surface area contributed by atoms with E-state index in [1.165, 1.54) is 0 Å². The first-order chi connectivity index (χ1) is 12.8. The van der Waals surface area contributed by atoms with Crippen LogP contribution in [0, 0.1) is 0 Å². The van der Waals surface area contributed by atoms with E-state index in [0.717, 1.165) is 16.5 Å². The molecule has 2 aromatic rings. The van der Waals surface area contributed by atoms with E-state index in [0.29, 0.717) is 0 Å². The van der Waals surface area contributed by atoms with Crippen molar-refractivity contribution in [2.45, 2.75) is 39.2 Å². The minimum absolute atomic E-state index is 0.0243. The van der Waals surface area contributed by atoms with Crippen LogP contribution in [0.1, 0.15) is 33.6 Å². The van der Waals surface area contributed by atoms with Crippen molar-refractivity contribution in [2.24, 2.45) is 0 Å². The Balaban J connectivity index is 1.88. The Hall–Kier alpha value is -2.89. The molecule has 2 aromatic carbocycles. The topological polar surface area (TPSA) is 81.7 Å². The fourth-order valence-electron chi connectivity index (χ4n) is 2.84. The van der Waals surface area contributed by atoms with Crippen LogP contribution in [0.5, 0.6) is 0 Å². The summed E-state index contributed by atoms with van der Waals surface area (Å²) in [5, 5.41) is 5.16. The molecular formula is C21H25NO5. The molecule has 0 amide bonds. The third kappa shape index (κ3) is 6.40. The zero-order valence-electron chi connectivity index (χ0n) is 15.9. The number of carbonyl (C=O) groups is 3. The molecule has 27 heavy (non-hydrogen) atoms. The largest absolute Gasteiger partial charge is 0.466 e. The molecule has 1 N–H and O–H groups in total.